The molecule has 3 rings (SSSR count). The number of benzene rings is 1. The maximum atomic E-state index is 12.6. The zero-order valence-corrected chi connectivity index (χ0v) is 14.5. The molecule has 1 aromatic carbocycles. The Hall–Kier alpha value is -3.15. The van der Waals surface area contributed by atoms with Crippen LogP contribution in [0.5, 0.6) is 5.75 Å². The number of methoxy groups -OCH3 is 1. The number of anilines is 1. The number of ether oxygens (including phenoxy) is 1. The first-order valence-corrected chi connectivity index (χ1v) is 7.93. The maximum Gasteiger partial charge on any atom is 0.262 e. The van der Waals surface area contributed by atoms with Gasteiger partial charge in [-0.2, -0.15) is 5.10 Å². The molecular formula is C19H20N4O2. The Morgan fingerprint density at radius 1 is 1.16 bits per heavy atom. The van der Waals surface area contributed by atoms with Crippen molar-refractivity contribution in [3.8, 4) is 5.75 Å². The quantitative estimate of drug-likeness (QED) is 0.719. The van der Waals surface area contributed by atoms with Crippen LogP contribution in [0.4, 0.5) is 5.82 Å². The van der Waals surface area contributed by atoms with Gasteiger partial charge in [-0.15, -0.1) is 0 Å². The third kappa shape index (κ3) is 3.85. The minimum atomic E-state index is -0.141. The zero-order chi connectivity index (χ0) is 17.8. The SMILES string of the molecule is COc1ccc(Cn2cc(C(=O)N(C)c3ccc(C)cn3)cn2)cc1. The van der Waals surface area contributed by atoms with Crippen molar-refractivity contribution < 1.29 is 9.53 Å². The van der Waals surface area contributed by atoms with Crippen LogP contribution in [-0.2, 0) is 6.54 Å². The molecular weight excluding hydrogens is 316 g/mol. The smallest absolute Gasteiger partial charge is 0.262 e. The summed E-state index contributed by atoms with van der Waals surface area (Å²) < 4.78 is 6.89. The summed E-state index contributed by atoms with van der Waals surface area (Å²) in [6, 6.07) is 11.5. The number of carbonyl (C=O) groups is 1. The number of amides is 1. The van der Waals surface area contributed by atoms with Gasteiger partial charge in [0.25, 0.3) is 5.91 Å². The summed E-state index contributed by atoms with van der Waals surface area (Å²) >= 11 is 0. The van der Waals surface area contributed by atoms with E-state index in [0.717, 1.165) is 16.9 Å². The van der Waals surface area contributed by atoms with Gasteiger partial charge < -0.3 is 4.74 Å². The molecule has 0 saturated heterocycles. The Bertz CT molecular complexity index is 854. The van der Waals surface area contributed by atoms with Crippen molar-refractivity contribution >= 4 is 11.7 Å². The summed E-state index contributed by atoms with van der Waals surface area (Å²) in [5.41, 5.74) is 2.66. The number of nitrogens with zero attached hydrogens (tertiary/aromatic N) is 4. The number of aryl methyl sites for hydroxylation is 1. The van der Waals surface area contributed by atoms with E-state index < -0.39 is 0 Å². The summed E-state index contributed by atoms with van der Waals surface area (Å²) in [5.74, 6) is 1.28. The second-order valence-corrected chi connectivity index (χ2v) is 5.83. The van der Waals surface area contributed by atoms with Crippen molar-refractivity contribution in [2.75, 3.05) is 19.1 Å². The first kappa shape index (κ1) is 16.7. The summed E-state index contributed by atoms with van der Waals surface area (Å²) in [6.45, 7) is 2.55. The van der Waals surface area contributed by atoms with Crippen molar-refractivity contribution in [3.05, 3.63) is 71.7 Å². The molecule has 2 heterocycles. The molecule has 2 aromatic heterocycles. The lowest BCUT2D eigenvalue weighted by atomic mass is 10.2. The number of hydrogen-bond acceptors (Lipinski definition) is 4. The average Bonchev–Trinajstić information content (AvgIpc) is 3.10. The second kappa shape index (κ2) is 7.17. The normalized spacial score (nSPS) is 10.5. The van der Waals surface area contributed by atoms with Crippen LogP contribution in [0.3, 0.4) is 0 Å². The van der Waals surface area contributed by atoms with E-state index in [1.807, 2.05) is 43.3 Å². The van der Waals surface area contributed by atoms with E-state index in [-0.39, 0.29) is 5.91 Å². The topological polar surface area (TPSA) is 60.2 Å². The van der Waals surface area contributed by atoms with Gasteiger partial charge in [0, 0.05) is 19.4 Å². The predicted octanol–water partition coefficient (Wildman–Crippen LogP) is 2.92. The van der Waals surface area contributed by atoms with Gasteiger partial charge in [0.1, 0.15) is 11.6 Å². The lowest BCUT2D eigenvalue weighted by Crippen LogP contribution is -2.26. The minimum Gasteiger partial charge on any atom is -0.497 e. The van der Waals surface area contributed by atoms with Crippen LogP contribution in [0.1, 0.15) is 21.5 Å². The fourth-order valence-electron chi connectivity index (χ4n) is 2.43. The van der Waals surface area contributed by atoms with E-state index in [0.29, 0.717) is 17.9 Å². The molecule has 0 fully saturated rings. The lowest BCUT2D eigenvalue weighted by molar-refractivity contribution is 0.0992. The zero-order valence-electron chi connectivity index (χ0n) is 14.5. The van der Waals surface area contributed by atoms with Crippen molar-refractivity contribution in [1.82, 2.24) is 14.8 Å². The van der Waals surface area contributed by atoms with Crippen LogP contribution < -0.4 is 9.64 Å². The third-order valence-corrected chi connectivity index (χ3v) is 3.93. The van der Waals surface area contributed by atoms with Gasteiger partial charge in [0.2, 0.25) is 0 Å². The molecule has 128 valence electrons. The van der Waals surface area contributed by atoms with E-state index in [1.165, 1.54) is 4.90 Å². The van der Waals surface area contributed by atoms with E-state index in [1.54, 1.807) is 37.4 Å². The van der Waals surface area contributed by atoms with Crippen LogP contribution in [0.2, 0.25) is 0 Å². The highest BCUT2D eigenvalue weighted by molar-refractivity contribution is 6.04. The Balaban J connectivity index is 1.71. The van der Waals surface area contributed by atoms with Crippen LogP contribution in [0, 0.1) is 6.92 Å². The molecule has 0 radical (unpaired) electrons. The number of pyridine rings is 1. The summed E-state index contributed by atoms with van der Waals surface area (Å²) in [5, 5.41) is 4.28. The molecule has 0 aliphatic rings. The molecule has 0 spiro atoms. The van der Waals surface area contributed by atoms with Crippen LogP contribution in [-0.4, -0.2) is 34.8 Å². The van der Waals surface area contributed by atoms with Gasteiger partial charge in [-0.1, -0.05) is 18.2 Å². The fraction of sp³-hybridized carbons (Fsp3) is 0.211. The van der Waals surface area contributed by atoms with Crippen molar-refractivity contribution in [3.63, 3.8) is 0 Å². The highest BCUT2D eigenvalue weighted by Crippen LogP contribution is 2.15. The molecule has 0 atom stereocenters. The van der Waals surface area contributed by atoms with Crippen LogP contribution in [0.15, 0.2) is 55.0 Å². The molecule has 0 N–H and O–H groups in total. The third-order valence-electron chi connectivity index (χ3n) is 3.93. The molecule has 0 unspecified atom stereocenters. The summed E-state index contributed by atoms with van der Waals surface area (Å²) in [7, 11) is 3.35. The molecule has 0 aliphatic heterocycles. The number of rotatable bonds is 5. The number of hydrogen-bond donors (Lipinski definition) is 0. The molecule has 1 amide bonds. The Morgan fingerprint density at radius 3 is 2.56 bits per heavy atom. The van der Waals surface area contributed by atoms with Gasteiger partial charge >= 0.3 is 0 Å². The van der Waals surface area contributed by atoms with Crippen LogP contribution >= 0.6 is 0 Å². The Kier molecular flexibility index (Phi) is 4.79. The van der Waals surface area contributed by atoms with E-state index in [4.69, 9.17) is 4.74 Å². The van der Waals surface area contributed by atoms with Crippen molar-refractivity contribution in [1.29, 1.82) is 0 Å². The van der Waals surface area contributed by atoms with Gasteiger partial charge in [-0.05, 0) is 36.2 Å². The van der Waals surface area contributed by atoms with Gasteiger partial charge in [-0.25, -0.2) is 4.98 Å². The molecule has 6 heteroatoms. The molecule has 0 bridgehead atoms. The highest BCUT2D eigenvalue weighted by atomic mass is 16.5. The second-order valence-electron chi connectivity index (χ2n) is 5.83. The number of aromatic nitrogens is 3. The molecule has 0 saturated carbocycles. The average molecular weight is 336 g/mol. The van der Waals surface area contributed by atoms with E-state index in [9.17, 15) is 4.79 Å². The lowest BCUT2D eigenvalue weighted by Gasteiger charge is -2.15. The minimum absolute atomic E-state index is 0.141. The first-order valence-electron chi connectivity index (χ1n) is 7.93. The van der Waals surface area contributed by atoms with Crippen LogP contribution in [0.25, 0.3) is 0 Å². The van der Waals surface area contributed by atoms with E-state index in [2.05, 4.69) is 10.1 Å². The largest absolute Gasteiger partial charge is 0.497 e. The van der Waals surface area contributed by atoms with Crippen molar-refractivity contribution in [2.24, 2.45) is 0 Å². The Morgan fingerprint density at radius 2 is 1.92 bits per heavy atom. The van der Waals surface area contributed by atoms with Gasteiger partial charge in [0.15, 0.2) is 0 Å². The summed E-state index contributed by atoms with van der Waals surface area (Å²) in [4.78, 5) is 18.4. The molecule has 3 aromatic rings. The predicted molar refractivity (Wildman–Crippen MR) is 96.0 cm³/mol. The fourth-order valence-corrected chi connectivity index (χ4v) is 2.43. The maximum absolute atomic E-state index is 12.6. The molecule has 25 heavy (non-hydrogen) atoms. The first-order chi connectivity index (χ1) is 12.1. The molecule has 6 nitrogen and oxygen atoms in total. The van der Waals surface area contributed by atoms with E-state index >= 15 is 0 Å². The van der Waals surface area contributed by atoms with Gasteiger partial charge in [-0.3, -0.25) is 14.4 Å². The Labute approximate surface area is 146 Å². The number of carbonyl (C=O) groups excluding carboxylic acids is 1. The highest BCUT2D eigenvalue weighted by Gasteiger charge is 2.16. The summed E-state index contributed by atoms with van der Waals surface area (Å²) in [6.07, 6.45) is 5.07. The van der Waals surface area contributed by atoms with Crippen molar-refractivity contribution in [2.45, 2.75) is 13.5 Å². The standard InChI is InChI=1S/C19H20N4O2/c1-14-4-9-18(20-10-14)22(2)19(24)16-11-21-23(13-16)12-15-5-7-17(25-3)8-6-15/h4-11,13H,12H2,1-3H3. The van der Waals surface area contributed by atoms with Gasteiger partial charge in [0.05, 0.1) is 25.4 Å². The molecule has 0 aliphatic carbocycles. The monoisotopic (exact) mass is 336 g/mol.